The highest BCUT2D eigenvalue weighted by atomic mass is 16.1. The van der Waals surface area contributed by atoms with Crippen LogP contribution in [0.25, 0.3) is 11.1 Å². The summed E-state index contributed by atoms with van der Waals surface area (Å²) >= 11 is 0. The first-order valence-corrected chi connectivity index (χ1v) is 11.1. The molecule has 156 valence electrons. The molecule has 2 fully saturated rings. The molecule has 0 radical (unpaired) electrons. The molecule has 2 aromatic rings. The zero-order valence-electron chi connectivity index (χ0n) is 17.5. The van der Waals surface area contributed by atoms with Crippen molar-refractivity contribution < 1.29 is 4.79 Å². The Morgan fingerprint density at radius 3 is 2.66 bits per heavy atom. The van der Waals surface area contributed by atoms with Crippen molar-refractivity contribution in [3.8, 4) is 11.1 Å². The fourth-order valence-electron chi connectivity index (χ4n) is 4.89. The molecule has 1 unspecified atom stereocenters. The Morgan fingerprint density at radius 2 is 1.97 bits per heavy atom. The fourth-order valence-corrected chi connectivity index (χ4v) is 4.89. The summed E-state index contributed by atoms with van der Waals surface area (Å²) in [6.07, 6.45) is 16.7. The van der Waals surface area contributed by atoms with E-state index in [1.807, 2.05) is 30.3 Å². The van der Waals surface area contributed by atoms with E-state index in [0.717, 1.165) is 49.4 Å². The fraction of sp³-hybridized carbons (Fsp3) is 0.609. The summed E-state index contributed by atoms with van der Waals surface area (Å²) in [5.74, 6) is 1.69. The van der Waals surface area contributed by atoms with Crippen molar-refractivity contribution >= 4 is 12.2 Å². The number of aromatic nitrogens is 3. The van der Waals surface area contributed by atoms with Crippen molar-refractivity contribution in [1.82, 2.24) is 19.7 Å². The molecular weight excluding hydrogens is 362 g/mol. The first kappa shape index (κ1) is 19.9. The summed E-state index contributed by atoms with van der Waals surface area (Å²) in [4.78, 5) is 20.8. The minimum Gasteiger partial charge on any atom is -0.356 e. The van der Waals surface area contributed by atoms with Crippen LogP contribution in [0.15, 0.2) is 30.7 Å². The SMILES string of the molecule is Cn1cc(-c2ccc(N3CCCC(CCN(C=O)C4CCCCC4)C3)nc2)cn1. The lowest BCUT2D eigenvalue weighted by atomic mass is 9.92. The van der Waals surface area contributed by atoms with Crippen LogP contribution >= 0.6 is 0 Å². The average molecular weight is 396 g/mol. The van der Waals surface area contributed by atoms with Crippen LogP contribution in [0.4, 0.5) is 5.82 Å². The second-order valence-corrected chi connectivity index (χ2v) is 8.69. The second kappa shape index (κ2) is 9.42. The Balaban J connectivity index is 1.32. The van der Waals surface area contributed by atoms with Gasteiger partial charge in [-0.15, -0.1) is 0 Å². The van der Waals surface area contributed by atoms with Crippen LogP contribution in [0, 0.1) is 5.92 Å². The van der Waals surface area contributed by atoms with Crippen molar-refractivity contribution in [3.05, 3.63) is 30.7 Å². The molecule has 0 N–H and O–H groups in total. The van der Waals surface area contributed by atoms with Crippen LogP contribution in [-0.2, 0) is 11.8 Å². The van der Waals surface area contributed by atoms with E-state index in [2.05, 4.69) is 27.0 Å². The topological polar surface area (TPSA) is 54.3 Å². The minimum atomic E-state index is 0.475. The summed E-state index contributed by atoms with van der Waals surface area (Å²) in [6, 6.07) is 4.74. The number of hydrogen-bond acceptors (Lipinski definition) is 4. The molecule has 4 rings (SSSR count). The first-order valence-electron chi connectivity index (χ1n) is 11.1. The molecule has 29 heavy (non-hydrogen) atoms. The molecule has 0 spiro atoms. The smallest absolute Gasteiger partial charge is 0.209 e. The van der Waals surface area contributed by atoms with E-state index < -0.39 is 0 Å². The molecule has 2 aliphatic rings. The average Bonchev–Trinajstić information content (AvgIpc) is 3.22. The Morgan fingerprint density at radius 1 is 1.10 bits per heavy atom. The molecule has 1 aliphatic carbocycles. The number of anilines is 1. The van der Waals surface area contributed by atoms with Crippen LogP contribution in [0.3, 0.4) is 0 Å². The number of piperidine rings is 1. The zero-order chi connectivity index (χ0) is 20.1. The lowest BCUT2D eigenvalue weighted by Gasteiger charge is -2.36. The molecule has 6 heteroatoms. The molecule has 1 amide bonds. The highest BCUT2D eigenvalue weighted by Crippen LogP contribution is 2.27. The van der Waals surface area contributed by atoms with Gasteiger partial charge in [0.15, 0.2) is 0 Å². The largest absolute Gasteiger partial charge is 0.356 e. The monoisotopic (exact) mass is 395 g/mol. The van der Waals surface area contributed by atoms with Gasteiger partial charge in [-0.25, -0.2) is 4.98 Å². The minimum absolute atomic E-state index is 0.475. The van der Waals surface area contributed by atoms with Crippen LogP contribution < -0.4 is 4.90 Å². The Kier molecular flexibility index (Phi) is 6.47. The normalized spacial score (nSPS) is 20.6. The summed E-state index contributed by atoms with van der Waals surface area (Å²) in [5.41, 5.74) is 2.20. The molecule has 0 aromatic carbocycles. The van der Waals surface area contributed by atoms with Crippen molar-refractivity contribution in [1.29, 1.82) is 0 Å². The zero-order valence-corrected chi connectivity index (χ0v) is 17.5. The predicted octanol–water partition coefficient (Wildman–Crippen LogP) is 3.88. The quantitative estimate of drug-likeness (QED) is 0.668. The third kappa shape index (κ3) is 4.98. The highest BCUT2D eigenvalue weighted by molar-refractivity contribution is 5.62. The van der Waals surface area contributed by atoms with Crippen molar-refractivity contribution in [3.63, 3.8) is 0 Å². The molecule has 3 heterocycles. The number of rotatable bonds is 7. The molecule has 1 atom stereocenters. The van der Waals surface area contributed by atoms with E-state index in [1.54, 1.807) is 0 Å². The summed E-state index contributed by atoms with van der Waals surface area (Å²) in [6.45, 7) is 3.01. The van der Waals surface area contributed by atoms with Gasteiger partial charge in [0.2, 0.25) is 6.41 Å². The molecular formula is C23H33N5O. The lowest BCUT2D eigenvalue weighted by Crippen LogP contribution is -2.40. The maximum Gasteiger partial charge on any atom is 0.209 e. The van der Waals surface area contributed by atoms with Crippen molar-refractivity contribution in [2.45, 2.75) is 57.4 Å². The van der Waals surface area contributed by atoms with E-state index >= 15 is 0 Å². The summed E-state index contributed by atoms with van der Waals surface area (Å²) in [5, 5.41) is 4.24. The van der Waals surface area contributed by atoms with Gasteiger partial charge < -0.3 is 9.80 Å². The summed E-state index contributed by atoms with van der Waals surface area (Å²) in [7, 11) is 1.93. The maximum absolute atomic E-state index is 11.6. The molecule has 2 aromatic heterocycles. The van der Waals surface area contributed by atoms with Gasteiger partial charge in [-0.05, 0) is 50.2 Å². The van der Waals surface area contributed by atoms with Gasteiger partial charge in [-0.2, -0.15) is 5.10 Å². The number of hydrogen-bond donors (Lipinski definition) is 0. The van der Waals surface area contributed by atoms with Crippen molar-refractivity contribution in [2.24, 2.45) is 13.0 Å². The first-order chi connectivity index (χ1) is 14.2. The number of aryl methyl sites for hydroxylation is 1. The molecule has 1 aliphatic heterocycles. The predicted molar refractivity (Wildman–Crippen MR) is 116 cm³/mol. The van der Waals surface area contributed by atoms with Crippen LogP contribution in [0.1, 0.15) is 51.4 Å². The van der Waals surface area contributed by atoms with Gasteiger partial charge >= 0.3 is 0 Å². The number of pyridine rings is 1. The second-order valence-electron chi connectivity index (χ2n) is 8.69. The Bertz CT molecular complexity index is 781. The third-order valence-electron chi connectivity index (χ3n) is 6.60. The molecule has 1 saturated carbocycles. The standard InChI is InChI=1S/C23H33N5O/c1-26-17-21(15-25-26)20-9-10-23(24-14-20)27-12-5-6-19(16-27)11-13-28(18-29)22-7-3-2-4-8-22/h9-10,14-15,17-19,22H,2-8,11-13,16H2,1H3. The molecule has 0 bridgehead atoms. The number of nitrogens with zero attached hydrogens (tertiary/aromatic N) is 5. The van der Waals surface area contributed by atoms with Crippen molar-refractivity contribution in [2.75, 3.05) is 24.5 Å². The van der Waals surface area contributed by atoms with Gasteiger partial charge in [-0.3, -0.25) is 9.48 Å². The number of carbonyl (C=O) groups is 1. The van der Waals surface area contributed by atoms with Crippen LogP contribution in [0.2, 0.25) is 0 Å². The van der Waals surface area contributed by atoms with Crippen LogP contribution in [0.5, 0.6) is 0 Å². The highest BCUT2D eigenvalue weighted by Gasteiger charge is 2.24. The van der Waals surface area contributed by atoms with E-state index in [9.17, 15) is 4.79 Å². The summed E-state index contributed by atoms with van der Waals surface area (Å²) < 4.78 is 1.81. The molecule has 6 nitrogen and oxygen atoms in total. The molecule has 1 saturated heterocycles. The lowest BCUT2D eigenvalue weighted by molar-refractivity contribution is -0.121. The Labute approximate surface area is 173 Å². The van der Waals surface area contributed by atoms with E-state index in [1.165, 1.54) is 44.9 Å². The Hall–Kier alpha value is -2.37. The van der Waals surface area contributed by atoms with Gasteiger partial charge in [0.1, 0.15) is 5.82 Å². The van der Waals surface area contributed by atoms with Gasteiger partial charge in [0.25, 0.3) is 0 Å². The van der Waals surface area contributed by atoms with Crippen LogP contribution in [-0.4, -0.2) is 51.8 Å². The third-order valence-corrected chi connectivity index (χ3v) is 6.60. The van der Waals surface area contributed by atoms with E-state index in [-0.39, 0.29) is 0 Å². The van der Waals surface area contributed by atoms with Gasteiger partial charge in [0.05, 0.1) is 6.20 Å². The van der Waals surface area contributed by atoms with E-state index in [0.29, 0.717) is 12.0 Å². The maximum atomic E-state index is 11.6. The van der Waals surface area contributed by atoms with E-state index in [4.69, 9.17) is 4.98 Å². The van der Waals surface area contributed by atoms with Gasteiger partial charge in [0, 0.05) is 56.2 Å². The number of amides is 1. The van der Waals surface area contributed by atoms with Gasteiger partial charge in [-0.1, -0.05) is 19.3 Å². The number of carbonyl (C=O) groups excluding carboxylic acids is 1.